The molecule has 0 aliphatic carbocycles. The van der Waals surface area contributed by atoms with E-state index in [1.165, 1.54) is 4.31 Å². The smallest absolute Gasteiger partial charge is 0.240 e. The van der Waals surface area contributed by atoms with Gasteiger partial charge in [-0.25, -0.2) is 18.4 Å². The zero-order valence-electron chi connectivity index (χ0n) is 17.7. The van der Waals surface area contributed by atoms with Gasteiger partial charge in [-0.2, -0.15) is 4.31 Å². The quantitative estimate of drug-likeness (QED) is 0.636. The van der Waals surface area contributed by atoms with Crippen LogP contribution in [0.25, 0.3) is 10.9 Å². The highest BCUT2D eigenvalue weighted by Gasteiger charge is 2.26. The van der Waals surface area contributed by atoms with Crippen LogP contribution in [0, 0.1) is 5.92 Å². The third kappa shape index (κ3) is 5.05. The lowest BCUT2D eigenvalue weighted by Crippen LogP contribution is -2.48. The summed E-state index contributed by atoms with van der Waals surface area (Å²) in [7, 11) is -3.16. The van der Waals surface area contributed by atoms with Crippen molar-refractivity contribution in [3.8, 4) is 0 Å². The predicted octanol–water partition coefficient (Wildman–Crippen LogP) is 1.02. The molecule has 0 bridgehead atoms. The van der Waals surface area contributed by atoms with Crippen LogP contribution in [0.5, 0.6) is 0 Å². The highest BCUT2D eigenvalue weighted by molar-refractivity contribution is 7.89. The molecule has 0 saturated carbocycles. The maximum absolute atomic E-state index is 12.1. The summed E-state index contributed by atoms with van der Waals surface area (Å²) < 4.78 is 25.7. The number of piperazine rings is 1. The second-order valence-electron chi connectivity index (χ2n) is 7.85. The molecule has 1 atom stereocenters. The fourth-order valence-electron chi connectivity index (χ4n) is 3.57. The summed E-state index contributed by atoms with van der Waals surface area (Å²) in [6, 6.07) is 7.09. The van der Waals surface area contributed by atoms with Crippen LogP contribution in [0.4, 0.5) is 5.82 Å². The number of fused-ring (bicyclic) bond motifs is 1. The van der Waals surface area contributed by atoms with Gasteiger partial charge in [0.1, 0.15) is 17.7 Å². The number of amides is 1. The van der Waals surface area contributed by atoms with Crippen molar-refractivity contribution in [2.45, 2.75) is 33.4 Å². The molecule has 30 heavy (non-hydrogen) atoms. The van der Waals surface area contributed by atoms with E-state index in [1.807, 2.05) is 38.1 Å². The van der Waals surface area contributed by atoms with Crippen molar-refractivity contribution in [1.82, 2.24) is 19.2 Å². The summed E-state index contributed by atoms with van der Waals surface area (Å²) in [4.78, 5) is 23.4. The number of para-hydroxylation sites is 1. The number of sulfonamides is 1. The minimum absolute atomic E-state index is 0.00766. The SMILES string of the molecule is CCS(=O)(=O)N1CCN(Cc2nc(N[C@H](C(N)=O)C(C)C)c3ccccc3n2)CC1. The topological polar surface area (TPSA) is 122 Å². The van der Waals surface area contributed by atoms with Crippen molar-refractivity contribution < 1.29 is 13.2 Å². The fraction of sp³-hybridized carbons (Fsp3) is 0.550. The van der Waals surface area contributed by atoms with Crippen molar-refractivity contribution in [3.63, 3.8) is 0 Å². The van der Waals surface area contributed by atoms with E-state index in [2.05, 4.69) is 20.2 Å². The zero-order chi connectivity index (χ0) is 21.9. The molecule has 0 spiro atoms. The van der Waals surface area contributed by atoms with Gasteiger partial charge in [-0.15, -0.1) is 0 Å². The molecule has 1 fully saturated rings. The summed E-state index contributed by atoms with van der Waals surface area (Å²) in [5.41, 5.74) is 6.35. The molecule has 9 nitrogen and oxygen atoms in total. The van der Waals surface area contributed by atoms with Gasteiger partial charge in [-0.05, 0) is 25.0 Å². The van der Waals surface area contributed by atoms with Crippen LogP contribution < -0.4 is 11.1 Å². The number of rotatable bonds is 8. The molecule has 2 aromatic rings. The number of nitrogens with zero attached hydrogens (tertiary/aromatic N) is 4. The highest BCUT2D eigenvalue weighted by Crippen LogP contribution is 2.23. The van der Waals surface area contributed by atoms with E-state index in [0.717, 1.165) is 10.9 Å². The molecule has 10 heteroatoms. The third-order valence-electron chi connectivity index (χ3n) is 5.37. The van der Waals surface area contributed by atoms with Crippen molar-refractivity contribution >= 4 is 32.7 Å². The van der Waals surface area contributed by atoms with E-state index >= 15 is 0 Å². The molecule has 0 radical (unpaired) electrons. The molecular formula is C20H30N6O3S. The van der Waals surface area contributed by atoms with Crippen LogP contribution in [0.15, 0.2) is 24.3 Å². The number of carbonyl (C=O) groups is 1. The lowest BCUT2D eigenvalue weighted by molar-refractivity contribution is -0.119. The Kier molecular flexibility index (Phi) is 6.89. The van der Waals surface area contributed by atoms with Gasteiger partial charge >= 0.3 is 0 Å². The molecule has 1 aromatic carbocycles. The molecule has 3 rings (SSSR count). The molecule has 1 amide bonds. The average Bonchev–Trinajstić information content (AvgIpc) is 2.71. The maximum atomic E-state index is 12.1. The van der Waals surface area contributed by atoms with Crippen LogP contribution in [0.2, 0.25) is 0 Å². The standard InChI is InChI=1S/C20H30N6O3S/c1-4-30(28,29)26-11-9-25(10-12-26)13-17-22-16-8-6-5-7-15(16)20(23-17)24-18(14(2)3)19(21)27/h5-8,14,18H,4,9-13H2,1-3H3,(H2,21,27)(H,22,23,24)/t18-/m0/s1. The lowest BCUT2D eigenvalue weighted by atomic mass is 10.0. The molecular weight excluding hydrogens is 404 g/mol. The van der Waals surface area contributed by atoms with E-state index in [9.17, 15) is 13.2 Å². The van der Waals surface area contributed by atoms with E-state index in [-0.39, 0.29) is 11.7 Å². The van der Waals surface area contributed by atoms with Crippen molar-refractivity contribution in [1.29, 1.82) is 0 Å². The minimum atomic E-state index is -3.16. The number of hydrogen-bond acceptors (Lipinski definition) is 7. The second kappa shape index (κ2) is 9.23. The Balaban J connectivity index is 1.81. The Morgan fingerprint density at radius 2 is 1.83 bits per heavy atom. The van der Waals surface area contributed by atoms with Crippen LogP contribution in [0.1, 0.15) is 26.6 Å². The number of nitrogens with two attached hydrogens (primary N) is 1. The molecule has 1 aliphatic heterocycles. The van der Waals surface area contributed by atoms with Gasteiger partial charge in [0.2, 0.25) is 15.9 Å². The van der Waals surface area contributed by atoms with Gasteiger partial charge in [0.25, 0.3) is 0 Å². The van der Waals surface area contributed by atoms with Gasteiger partial charge in [0.05, 0.1) is 17.8 Å². The maximum Gasteiger partial charge on any atom is 0.240 e. The normalized spacial score (nSPS) is 17.3. The molecule has 2 heterocycles. The Morgan fingerprint density at radius 3 is 2.43 bits per heavy atom. The van der Waals surface area contributed by atoms with Crippen LogP contribution in [0.3, 0.4) is 0 Å². The van der Waals surface area contributed by atoms with Crippen molar-refractivity contribution in [3.05, 3.63) is 30.1 Å². The Bertz CT molecular complexity index is 1000. The first kappa shape index (κ1) is 22.4. The predicted molar refractivity (Wildman–Crippen MR) is 117 cm³/mol. The first-order valence-electron chi connectivity index (χ1n) is 10.2. The number of primary amides is 1. The Labute approximate surface area is 177 Å². The monoisotopic (exact) mass is 434 g/mol. The third-order valence-corrected chi connectivity index (χ3v) is 7.25. The first-order valence-corrected chi connectivity index (χ1v) is 11.8. The number of carbonyl (C=O) groups excluding carboxylic acids is 1. The van der Waals surface area contributed by atoms with Crippen molar-refractivity contribution in [2.24, 2.45) is 11.7 Å². The van der Waals surface area contributed by atoms with E-state index in [1.54, 1.807) is 6.92 Å². The van der Waals surface area contributed by atoms with Crippen LogP contribution >= 0.6 is 0 Å². The van der Waals surface area contributed by atoms with Gasteiger partial charge in [0, 0.05) is 31.6 Å². The number of benzene rings is 1. The first-order chi connectivity index (χ1) is 14.2. The van der Waals surface area contributed by atoms with Gasteiger partial charge in [-0.3, -0.25) is 9.69 Å². The van der Waals surface area contributed by atoms with Crippen LogP contribution in [-0.4, -0.2) is 71.5 Å². The van der Waals surface area contributed by atoms with E-state index < -0.39 is 22.0 Å². The summed E-state index contributed by atoms with van der Waals surface area (Å²) in [6.07, 6.45) is 0. The van der Waals surface area contributed by atoms with Crippen LogP contribution in [-0.2, 0) is 21.4 Å². The van der Waals surface area contributed by atoms with Gasteiger partial charge < -0.3 is 11.1 Å². The fourth-order valence-corrected chi connectivity index (χ4v) is 4.65. The molecule has 1 aromatic heterocycles. The zero-order valence-corrected chi connectivity index (χ0v) is 18.5. The Morgan fingerprint density at radius 1 is 1.17 bits per heavy atom. The number of aromatic nitrogens is 2. The summed E-state index contributed by atoms with van der Waals surface area (Å²) in [5.74, 6) is 0.901. The lowest BCUT2D eigenvalue weighted by Gasteiger charge is -2.33. The summed E-state index contributed by atoms with van der Waals surface area (Å²) in [6.45, 7) is 8.19. The van der Waals surface area contributed by atoms with Gasteiger partial charge in [0.15, 0.2) is 0 Å². The Hall–Kier alpha value is -2.30. The molecule has 1 saturated heterocycles. The van der Waals surface area contributed by atoms with E-state index in [0.29, 0.717) is 44.4 Å². The molecule has 0 unspecified atom stereocenters. The number of nitrogens with one attached hydrogen (secondary N) is 1. The number of hydrogen-bond donors (Lipinski definition) is 2. The van der Waals surface area contributed by atoms with Crippen molar-refractivity contribution in [2.75, 3.05) is 37.2 Å². The van der Waals surface area contributed by atoms with E-state index in [4.69, 9.17) is 5.73 Å². The second-order valence-corrected chi connectivity index (χ2v) is 10.1. The molecule has 1 aliphatic rings. The van der Waals surface area contributed by atoms with Gasteiger partial charge in [-0.1, -0.05) is 26.0 Å². The summed E-state index contributed by atoms with van der Waals surface area (Å²) in [5, 5.41) is 4.03. The average molecular weight is 435 g/mol. The largest absolute Gasteiger partial charge is 0.368 e. The summed E-state index contributed by atoms with van der Waals surface area (Å²) >= 11 is 0. The minimum Gasteiger partial charge on any atom is -0.368 e. The number of anilines is 1. The molecule has 3 N–H and O–H groups in total. The highest BCUT2D eigenvalue weighted by atomic mass is 32.2. The molecule has 164 valence electrons.